The molecule has 332 valence electrons. The highest BCUT2D eigenvalue weighted by molar-refractivity contribution is 7.99. The fourth-order valence-corrected chi connectivity index (χ4v) is 10.5. The number of ether oxygens (including phenoxy) is 3. The molecule has 2 aromatic rings. The largest absolute Gasteiger partial charge is 0.493 e. The average molecular weight is 847 g/mol. The molecule has 0 aromatic heterocycles. The van der Waals surface area contributed by atoms with Crippen LogP contribution in [0.15, 0.2) is 82.9 Å². The predicted molar refractivity (Wildman–Crippen MR) is 244 cm³/mol. The number of benzene rings is 2. The van der Waals surface area contributed by atoms with Crippen LogP contribution in [0.3, 0.4) is 0 Å². The van der Waals surface area contributed by atoms with Gasteiger partial charge >= 0.3 is 0 Å². The zero-order valence-electron chi connectivity index (χ0n) is 36.9. The molecule has 2 N–H and O–H groups in total. The number of aliphatic hydroxyl groups is 2. The minimum atomic E-state index is -1.23. The summed E-state index contributed by atoms with van der Waals surface area (Å²) in [7, 11) is 1.91. The second kappa shape index (κ2) is 25.6. The van der Waals surface area contributed by atoms with Crippen molar-refractivity contribution in [2.75, 3.05) is 45.8 Å². The molecule has 2 aliphatic carbocycles. The number of allylic oxidation sites excluding steroid dienone is 1. The molecule has 0 bridgehead atoms. The highest BCUT2D eigenvalue weighted by atomic mass is 32.2. The Balaban J connectivity index is 1.52. The summed E-state index contributed by atoms with van der Waals surface area (Å²) in [5.74, 6) is 1.13. The van der Waals surface area contributed by atoms with Gasteiger partial charge in [-0.15, -0.1) is 18.3 Å². The van der Waals surface area contributed by atoms with E-state index >= 15 is 0 Å². The van der Waals surface area contributed by atoms with Gasteiger partial charge in [0.25, 0.3) is 0 Å². The van der Waals surface area contributed by atoms with Gasteiger partial charge in [0.1, 0.15) is 24.1 Å². The van der Waals surface area contributed by atoms with Crippen LogP contribution in [0, 0.1) is 17.8 Å². The monoisotopic (exact) mass is 847 g/mol. The molecular formula is C50H74N2O7S. The van der Waals surface area contributed by atoms with Crippen molar-refractivity contribution >= 4 is 23.4 Å². The molecule has 9 nitrogen and oxygen atoms in total. The van der Waals surface area contributed by atoms with E-state index in [2.05, 4.69) is 49.9 Å². The molecule has 1 aliphatic heterocycles. The Kier molecular flexibility index (Phi) is 20.4. The van der Waals surface area contributed by atoms with E-state index in [9.17, 15) is 15.0 Å². The van der Waals surface area contributed by atoms with E-state index in [-0.39, 0.29) is 49.4 Å². The summed E-state index contributed by atoms with van der Waals surface area (Å²) in [6, 6.07) is 16.1. The minimum absolute atomic E-state index is 0.0749. The van der Waals surface area contributed by atoms with Gasteiger partial charge in [-0.05, 0) is 86.8 Å². The van der Waals surface area contributed by atoms with Crippen molar-refractivity contribution in [2.24, 2.45) is 22.9 Å². The number of oxime groups is 1. The first kappa shape index (κ1) is 47.7. The number of carbonyl (C=O) groups is 1. The number of carbonyl (C=O) groups excluding carboxylic acids is 1. The zero-order valence-corrected chi connectivity index (χ0v) is 37.7. The van der Waals surface area contributed by atoms with E-state index in [4.69, 9.17) is 24.2 Å². The first-order valence-corrected chi connectivity index (χ1v) is 24.2. The first-order valence-electron chi connectivity index (χ1n) is 23.2. The van der Waals surface area contributed by atoms with Crippen molar-refractivity contribution < 1.29 is 34.1 Å². The lowest BCUT2D eigenvalue weighted by Crippen LogP contribution is -2.69. The van der Waals surface area contributed by atoms with Crippen LogP contribution >= 0.6 is 11.8 Å². The Morgan fingerprint density at radius 2 is 1.67 bits per heavy atom. The maximum Gasteiger partial charge on any atom is 0.239 e. The van der Waals surface area contributed by atoms with Gasteiger partial charge in [-0.25, -0.2) is 0 Å². The van der Waals surface area contributed by atoms with Gasteiger partial charge in [-0.2, -0.15) is 0 Å². The van der Waals surface area contributed by atoms with Crippen molar-refractivity contribution in [3.8, 4) is 11.5 Å². The Morgan fingerprint density at radius 1 is 0.950 bits per heavy atom. The second-order valence-electron chi connectivity index (χ2n) is 16.8. The van der Waals surface area contributed by atoms with Gasteiger partial charge in [-0.3, -0.25) is 4.79 Å². The molecule has 1 heterocycles. The average Bonchev–Trinajstić information content (AvgIpc) is 3.27. The molecule has 1 amide bonds. The third-order valence-electron chi connectivity index (χ3n) is 12.7. The van der Waals surface area contributed by atoms with Crippen LogP contribution in [0.25, 0.3) is 0 Å². The van der Waals surface area contributed by atoms with Crippen LogP contribution in [0.2, 0.25) is 0 Å². The van der Waals surface area contributed by atoms with E-state index in [0.29, 0.717) is 32.5 Å². The minimum Gasteiger partial charge on any atom is -0.493 e. The summed E-state index contributed by atoms with van der Waals surface area (Å²) in [6.45, 7) is 9.75. The van der Waals surface area contributed by atoms with Gasteiger partial charge in [-0.1, -0.05) is 107 Å². The fraction of sp³-hybridized carbons (Fsp3) is 0.640. The Labute approximate surface area is 365 Å². The molecule has 6 atom stereocenters. The second-order valence-corrected chi connectivity index (χ2v) is 18.0. The molecular weight excluding hydrogens is 773 g/mol. The number of rotatable bonds is 29. The number of likely N-dealkylation sites (N-methyl/N-ethyl adjacent to an activating group) is 1. The number of fused-ring (bicyclic) bond motifs is 2. The third-order valence-corrected chi connectivity index (χ3v) is 13.6. The van der Waals surface area contributed by atoms with E-state index < -0.39 is 11.8 Å². The lowest BCUT2D eigenvalue weighted by Gasteiger charge is -2.59. The van der Waals surface area contributed by atoms with Crippen LogP contribution in [-0.2, 0) is 14.4 Å². The van der Waals surface area contributed by atoms with E-state index in [1.54, 1.807) is 17.8 Å². The molecule has 2 aromatic carbocycles. The lowest BCUT2D eigenvalue weighted by atomic mass is 9.55. The van der Waals surface area contributed by atoms with Gasteiger partial charge in [0.05, 0.1) is 24.8 Å². The molecule has 0 unspecified atom stereocenters. The summed E-state index contributed by atoms with van der Waals surface area (Å²) in [4.78, 5) is 23.2. The lowest BCUT2D eigenvalue weighted by molar-refractivity contribution is -0.255. The first-order chi connectivity index (χ1) is 29.4. The molecule has 0 radical (unpaired) electrons. The molecule has 0 saturated heterocycles. The summed E-state index contributed by atoms with van der Waals surface area (Å²) in [5.41, 5.74) is 2.95. The summed E-state index contributed by atoms with van der Waals surface area (Å²) in [5, 5.41) is 24.6. The zero-order chi connectivity index (χ0) is 42.6. The van der Waals surface area contributed by atoms with Crippen molar-refractivity contribution in [2.45, 2.75) is 146 Å². The number of nitrogens with zero attached hydrogens (tertiary/aromatic N) is 2. The number of unbranched alkanes of at least 4 members (excludes halogenated alkanes) is 10. The van der Waals surface area contributed by atoms with Crippen LogP contribution < -0.4 is 9.47 Å². The summed E-state index contributed by atoms with van der Waals surface area (Å²) < 4.78 is 20.8. The van der Waals surface area contributed by atoms with E-state index in [0.717, 1.165) is 85.5 Å². The Bertz CT molecular complexity index is 1650. The third kappa shape index (κ3) is 12.6. The molecule has 3 aliphatic rings. The van der Waals surface area contributed by atoms with E-state index in [1.165, 1.54) is 43.4 Å². The van der Waals surface area contributed by atoms with Crippen LogP contribution in [0.5, 0.6) is 11.5 Å². The molecule has 60 heavy (non-hydrogen) atoms. The molecule has 10 heteroatoms. The highest BCUT2D eigenvalue weighted by Crippen LogP contribution is 2.61. The molecule has 0 spiro atoms. The van der Waals surface area contributed by atoms with Gasteiger partial charge in [0.2, 0.25) is 11.7 Å². The Hall–Kier alpha value is -3.31. The van der Waals surface area contributed by atoms with Crippen molar-refractivity contribution in [3.63, 3.8) is 0 Å². The SMILES string of the molecule is C=CCO[C@@]12Oc3ccc(OCCSc4ccccc4)cc3[C@H]3[C@H](CCCCO)[C@@H](CCCCO)C=C(C(=NOCC)C[C@@H]1N(C)C(=O)CCCCCCCCCCC)[C@H]32. The fourth-order valence-electron chi connectivity index (χ4n) is 9.73. The number of thioether (sulfide) groups is 1. The number of aliphatic hydroxyl groups excluding tert-OH is 2. The summed E-state index contributed by atoms with van der Waals surface area (Å²) >= 11 is 1.77. The van der Waals surface area contributed by atoms with Crippen molar-refractivity contribution in [1.29, 1.82) is 0 Å². The van der Waals surface area contributed by atoms with Gasteiger partial charge < -0.3 is 34.2 Å². The number of hydrogen-bond donors (Lipinski definition) is 2. The van der Waals surface area contributed by atoms with Crippen LogP contribution in [0.1, 0.15) is 134 Å². The molecule has 1 saturated carbocycles. The number of amides is 1. The topological polar surface area (TPSA) is 110 Å². The summed E-state index contributed by atoms with van der Waals surface area (Å²) in [6.07, 6.45) is 20.7. The Morgan fingerprint density at radius 3 is 2.37 bits per heavy atom. The van der Waals surface area contributed by atoms with Crippen LogP contribution in [0.4, 0.5) is 0 Å². The maximum absolute atomic E-state index is 14.3. The quantitative estimate of drug-likeness (QED) is 0.0361. The molecule has 1 fully saturated rings. The normalized spacial score (nSPS) is 23.6. The predicted octanol–water partition coefficient (Wildman–Crippen LogP) is 10.9. The van der Waals surface area contributed by atoms with Gasteiger partial charge in [0.15, 0.2) is 0 Å². The smallest absolute Gasteiger partial charge is 0.239 e. The highest BCUT2D eigenvalue weighted by Gasteiger charge is 2.65. The number of hydrogen-bond acceptors (Lipinski definition) is 9. The van der Waals surface area contributed by atoms with Gasteiger partial charge in [0, 0.05) is 55.2 Å². The van der Waals surface area contributed by atoms with Crippen LogP contribution in [-0.4, -0.2) is 84.4 Å². The molecule has 5 rings (SSSR count). The van der Waals surface area contributed by atoms with Crippen molar-refractivity contribution in [1.82, 2.24) is 4.90 Å². The van der Waals surface area contributed by atoms with Crippen molar-refractivity contribution in [3.05, 3.63) is 78.4 Å². The van der Waals surface area contributed by atoms with E-state index in [1.807, 2.05) is 37.1 Å². The standard InChI is InChI=1S/C50H74N2O7S/c1-5-8-9-10-11-12-13-14-18-27-47(55)52(4)46-37-44(51-58-7-3)42-35-38(23-19-21-30-53)41(26-20-22-31-54)48-43-36-39(56-33-34-60-40-24-16-15-17-25-40)28-29-45(43)59-50(46,49(42)48)57-32-6-2/h6,15-17,24-25,28-29,35-36,38,41,46,48-49,53-54H,2,5,7-14,18-23,26-27,30-34,37H2,1,3-4H3/t38-,41+,46-,48+,49+,50+/m0/s1. The maximum atomic E-state index is 14.3.